The molecule has 3 aromatic rings. The Morgan fingerprint density at radius 3 is 2.00 bits per heavy atom. The van der Waals surface area contributed by atoms with Gasteiger partial charge in [-0.2, -0.15) is 0 Å². The summed E-state index contributed by atoms with van der Waals surface area (Å²) in [7, 11) is 0. The summed E-state index contributed by atoms with van der Waals surface area (Å²) in [4.78, 5) is 4.18. The average Bonchev–Trinajstić information content (AvgIpc) is 2.41. The molecule has 1 aromatic heterocycles. The predicted octanol–water partition coefficient (Wildman–Crippen LogP) is 4.06. The third-order valence-electron chi connectivity index (χ3n) is 2.25. The number of hydrogen-bond acceptors (Lipinski definition) is 1. The van der Waals surface area contributed by atoms with Crippen molar-refractivity contribution in [2.45, 2.75) is 0 Å². The van der Waals surface area contributed by atoms with Gasteiger partial charge in [0.15, 0.2) is 0 Å². The molecule has 1 nitrogen and oxygen atoms in total. The van der Waals surface area contributed by atoms with Gasteiger partial charge in [0.05, 0.1) is 5.52 Å². The first-order valence-corrected chi connectivity index (χ1v) is 5.36. The molecule has 0 aliphatic carbocycles. The van der Waals surface area contributed by atoms with E-state index in [2.05, 4.69) is 17.1 Å². The molecule has 17 heavy (non-hydrogen) atoms. The highest BCUT2D eigenvalue weighted by Gasteiger charge is 1.86. The first-order valence-electron chi connectivity index (χ1n) is 5.36. The van der Waals surface area contributed by atoms with Crippen LogP contribution in [0.3, 0.4) is 0 Å². The largest absolute Gasteiger partial charge is 0.256 e. The number of halogens is 1. The molecule has 0 radical (unpaired) electrons. The number of hydrogen-bond donors (Lipinski definition) is 0. The van der Waals surface area contributed by atoms with Crippen molar-refractivity contribution in [1.82, 2.24) is 4.98 Å². The highest BCUT2D eigenvalue weighted by atomic mass is 19.1. The molecule has 0 spiro atoms. The van der Waals surface area contributed by atoms with Crippen LogP contribution in [0.5, 0.6) is 0 Å². The Balaban J connectivity index is 0.000000136. The lowest BCUT2D eigenvalue weighted by molar-refractivity contribution is 0.628. The van der Waals surface area contributed by atoms with E-state index in [1.54, 1.807) is 18.2 Å². The number of pyridine rings is 1. The lowest BCUT2D eigenvalue weighted by Crippen LogP contribution is -1.73. The predicted molar refractivity (Wildman–Crippen MR) is 68.1 cm³/mol. The zero-order chi connectivity index (χ0) is 11.9. The second-order valence-electron chi connectivity index (χ2n) is 3.49. The highest BCUT2D eigenvalue weighted by Crippen LogP contribution is 2.07. The van der Waals surface area contributed by atoms with E-state index in [1.807, 2.05) is 30.5 Å². The first kappa shape index (κ1) is 11.3. The van der Waals surface area contributed by atoms with E-state index in [4.69, 9.17) is 0 Å². The Kier molecular flexibility index (Phi) is 3.81. The van der Waals surface area contributed by atoms with Gasteiger partial charge in [-0.1, -0.05) is 42.5 Å². The molecule has 2 heteroatoms. The third kappa shape index (κ3) is 3.38. The minimum absolute atomic E-state index is 0.178. The maximum Gasteiger partial charge on any atom is 0.123 e. The lowest BCUT2D eigenvalue weighted by Gasteiger charge is -1.91. The lowest BCUT2D eigenvalue weighted by atomic mass is 10.2. The fourth-order valence-corrected chi connectivity index (χ4v) is 1.43. The van der Waals surface area contributed by atoms with Gasteiger partial charge in [0.2, 0.25) is 0 Å². The maximum atomic E-state index is 11.9. The molecule has 0 aliphatic heterocycles. The fraction of sp³-hybridized carbons (Fsp3) is 0. The first-order chi connectivity index (χ1) is 8.36. The van der Waals surface area contributed by atoms with Crippen molar-refractivity contribution in [2.24, 2.45) is 0 Å². The van der Waals surface area contributed by atoms with Gasteiger partial charge in [0, 0.05) is 11.6 Å². The van der Waals surface area contributed by atoms with E-state index in [1.165, 1.54) is 17.5 Å². The molecule has 1 heterocycles. The SMILES string of the molecule is Fc1ccccc1.c1ccc2ncccc2c1. The normalized spacial score (nSPS) is 9.47. The Hall–Kier alpha value is -2.22. The van der Waals surface area contributed by atoms with E-state index < -0.39 is 0 Å². The second-order valence-corrected chi connectivity index (χ2v) is 3.49. The Morgan fingerprint density at radius 1 is 0.706 bits per heavy atom. The number of para-hydroxylation sites is 1. The quantitative estimate of drug-likeness (QED) is 0.562. The molecule has 84 valence electrons. The van der Waals surface area contributed by atoms with Crippen molar-refractivity contribution in [3.63, 3.8) is 0 Å². The topological polar surface area (TPSA) is 12.9 Å². The van der Waals surface area contributed by atoms with Crippen LogP contribution in [0.2, 0.25) is 0 Å². The Morgan fingerprint density at radius 2 is 1.35 bits per heavy atom. The summed E-state index contributed by atoms with van der Waals surface area (Å²) in [5.41, 5.74) is 1.06. The van der Waals surface area contributed by atoms with Crippen molar-refractivity contribution in [1.29, 1.82) is 0 Å². The summed E-state index contributed by atoms with van der Waals surface area (Å²) in [6.45, 7) is 0. The molecule has 0 unspecified atom stereocenters. The number of rotatable bonds is 0. The molecule has 0 N–H and O–H groups in total. The number of nitrogens with zero attached hydrogens (tertiary/aromatic N) is 1. The van der Waals surface area contributed by atoms with Crippen molar-refractivity contribution in [3.05, 3.63) is 78.7 Å². The zero-order valence-electron chi connectivity index (χ0n) is 9.25. The zero-order valence-corrected chi connectivity index (χ0v) is 9.25. The molecule has 0 saturated heterocycles. The van der Waals surface area contributed by atoms with Crippen LogP contribution in [0.4, 0.5) is 4.39 Å². The van der Waals surface area contributed by atoms with E-state index >= 15 is 0 Å². The molecule has 3 rings (SSSR count). The van der Waals surface area contributed by atoms with Gasteiger partial charge in [-0.3, -0.25) is 4.98 Å². The minimum atomic E-state index is -0.178. The van der Waals surface area contributed by atoms with Gasteiger partial charge in [-0.25, -0.2) is 4.39 Å². The van der Waals surface area contributed by atoms with Crippen LogP contribution in [0.15, 0.2) is 72.9 Å². The molecule has 0 saturated carbocycles. The Bertz CT molecular complexity index is 513. The number of benzene rings is 2. The van der Waals surface area contributed by atoms with Gasteiger partial charge < -0.3 is 0 Å². The molecular weight excluding hydrogens is 213 g/mol. The Labute approximate surface area is 99.6 Å². The summed E-state index contributed by atoms with van der Waals surface area (Å²) >= 11 is 0. The second kappa shape index (κ2) is 5.75. The number of fused-ring (bicyclic) bond motifs is 1. The summed E-state index contributed by atoms with van der Waals surface area (Å²) < 4.78 is 11.9. The average molecular weight is 225 g/mol. The monoisotopic (exact) mass is 225 g/mol. The van der Waals surface area contributed by atoms with Crippen molar-refractivity contribution in [3.8, 4) is 0 Å². The molecule has 0 amide bonds. The molecule has 0 atom stereocenters. The van der Waals surface area contributed by atoms with Crippen LogP contribution >= 0.6 is 0 Å². The van der Waals surface area contributed by atoms with Crippen LogP contribution in [0.1, 0.15) is 0 Å². The van der Waals surface area contributed by atoms with Gasteiger partial charge in [-0.05, 0) is 24.3 Å². The van der Waals surface area contributed by atoms with Crippen LogP contribution in [-0.2, 0) is 0 Å². The van der Waals surface area contributed by atoms with E-state index in [0.29, 0.717) is 0 Å². The van der Waals surface area contributed by atoms with Crippen LogP contribution in [0, 0.1) is 5.82 Å². The van der Waals surface area contributed by atoms with Gasteiger partial charge in [0.1, 0.15) is 5.82 Å². The van der Waals surface area contributed by atoms with E-state index in [0.717, 1.165) is 5.52 Å². The maximum absolute atomic E-state index is 11.9. The molecule has 0 bridgehead atoms. The summed E-state index contributed by atoms with van der Waals surface area (Å²) in [6.07, 6.45) is 1.81. The van der Waals surface area contributed by atoms with E-state index in [-0.39, 0.29) is 5.82 Å². The van der Waals surface area contributed by atoms with Crippen LogP contribution < -0.4 is 0 Å². The summed E-state index contributed by atoms with van der Waals surface area (Å²) in [6, 6.07) is 20.0. The van der Waals surface area contributed by atoms with Gasteiger partial charge in [-0.15, -0.1) is 0 Å². The van der Waals surface area contributed by atoms with Crippen molar-refractivity contribution < 1.29 is 4.39 Å². The van der Waals surface area contributed by atoms with E-state index in [9.17, 15) is 4.39 Å². The highest BCUT2D eigenvalue weighted by molar-refractivity contribution is 5.77. The van der Waals surface area contributed by atoms with Crippen molar-refractivity contribution >= 4 is 10.9 Å². The standard InChI is InChI=1S/C9H7N.C6H5F/c1-2-6-9-8(4-1)5-3-7-10-9;7-6-4-2-1-3-5-6/h1-7H;1-5H. The molecule has 0 aliphatic rings. The fourth-order valence-electron chi connectivity index (χ4n) is 1.43. The summed E-state index contributed by atoms with van der Waals surface area (Å²) in [5.74, 6) is -0.178. The smallest absolute Gasteiger partial charge is 0.123 e. The molecule has 2 aromatic carbocycles. The van der Waals surface area contributed by atoms with Gasteiger partial charge >= 0.3 is 0 Å². The molecular formula is C15H12FN. The minimum Gasteiger partial charge on any atom is -0.256 e. The third-order valence-corrected chi connectivity index (χ3v) is 2.25. The number of aromatic nitrogens is 1. The van der Waals surface area contributed by atoms with Crippen molar-refractivity contribution in [2.75, 3.05) is 0 Å². The van der Waals surface area contributed by atoms with Crippen LogP contribution in [-0.4, -0.2) is 4.98 Å². The van der Waals surface area contributed by atoms with Crippen LogP contribution in [0.25, 0.3) is 10.9 Å². The molecule has 0 fully saturated rings. The van der Waals surface area contributed by atoms with Gasteiger partial charge in [0.25, 0.3) is 0 Å². The summed E-state index contributed by atoms with van der Waals surface area (Å²) in [5, 5.41) is 1.20.